The second-order valence-electron chi connectivity index (χ2n) is 6.63. The molecule has 2 aromatic heterocycles. The van der Waals surface area contributed by atoms with E-state index in [4.69, 9.17) is 16.0 Å². The van der Waals surface area contributed by atoms with Crippen molar-refractivity contribution in [3.8, 4) is 0 Å². The minimum absolute atomic E-state index is 0.00198. The van der Waals surface area contributed by atoms with Gasteiger partial charge in [0.05, 0.1) is 11.6 Å². The molecule has 0 fully saturated rings. The Bertz CT molecular complexity index is 1150. The van der Waals surface area contributed by atoms with Crippen molar-refractivity contribution in [3.63, 3.8) is 0 Å². The molecule has 1 aromatic carbocycles. The van der Waals surface area contributed by atoms with Gasteiger partial charge in [0.2, 0.25) is 5.76 Å². The molecule has 0 aliphatic carbocycles. The zero-order valence-corrected chi connectivity index (χ0v) is 16.6. The number of benzene rings is 1. The highest BCUT2D eigenvalue weighted by Gasteiger charge is 2.30. The fourth-order valence-corrected chi connectivity index (χ4v) is 2.73. The Morgan fingerprint density at radius 1 is 1.19 bits per heavy atom. The van der Waals surface area contributed by atoms with Crippen molar-refractivity contribution >= 4 is 23.3 Å². The average Bonchev–Trinajstić information content (AvgIpc) is 3.24. The molecule has 0 spiro atoms. The monoisotopic (exact) mass is 449 g/mol. The van der Waals surface area contributed by atoms with Crippen LogP contribution in [0.3, 0.4) is 0 Å². The molecule has 2 heterocycles. The Balaban J connectivity index is 1.69. The number of carbonyl (C=O) groups excluding carboxylic acids is 2. The maximum absolute atomic E-state index is 12.8. The molecule has 2 amide bonds. The van der Waals surface area contributed by atoms with Crippen molar-refractivity contribution in [2.45, 2.75) is 25.7 Å². The summed E-state index contributed by atoms with van der Waals surface area (Å²) in [5.41, 5.74) is 10.8. The topological polar surface area (TPSA) is 162 Å². The third kappa shape index (κ3) is 5.00. The van der Waals surface area contributed by atoms with Crippen molar-refractivity contribution in [1.29, 1.82) is 0 Å². The largest absolute Gasteiger partial charge is 0.416 e. The molecular weight excluding hydrogens is 431 g/mol. The van der Waals surface area contributed by atoms with E-state index in [1.54, 1.807) is 6.92 Å². The number of carbonyl (C=O) groups is 2. The van der Waals surface area contributed by atoms with E-state index < -0.39 is 29.6 Å². The van der Waals surface area contributed by atoms with Crippen LogP contribution in [0.25, 0.3) is 0 Å². The minimum Gasteiger partial charge on any atom is -0.383 e. The number of hydrogen-bond donors (Lipinski definition) is 4. The third-order valence-electron chi connectivity index (χ3n) is 4.39. The number of anilines is 2. The summed E-state index contributed by atoms with van der Waals surface area (Å²) in [6.45, 7) is 1.53. The lowest BCUT2D eigenvalue weighted by Gasteiger charge is -2.13. The quantitative estimate of drug-likeness (QED) is 0.445. The Morgan fingerprint density at radius 3 is 2.62 bits per heavy atom. The van der Waals surface area contributed by atoms with Gasteiger partial charge in [-0.3, -0.25) is 9.59 Å². The lowest BCUT2D eigenvalue weighted by atomic mass is 10.1. The number of halogens is 3. The van der Waals surface area contributed by atoms with E-state index in [0.29, 0.717) is 0 Å². The Hall–Kier alpha value is -4.00. The zero-order valence-electron chi connectivity index (χ0n) is 16.6. The van der Waals surface area contributed by atoms with E-state index >= 15 is 0 Å². The second-order valence-corrected chi connectivity index (χ2v) is 6.63. The van der Waals surface area contributed by atoms with Gasteiger partial charge < -0.3 is 26.6 Å². The van der Waals surface area contributed by atoms with Crippen molar-refractivity contribution in [1.82, 2.24) is 20.4 Å². The summed E-state index contributed by atoms with van der Waals surface area (Å²) in [5.74, 6) is -1.58. The number of aromatic nitrogens is 3. The van der Waals surface area contributed by atoms with Gasteiger partial charge in [-0.1, -0.05) is 11.2 Å². The molecule has 3 aromatic rings. The first kappa shape index (κ1) is 22.7. The van der Waals surface area contributed by atoms with Crippen LogP contribution in [0.15, 0.2) is 41.2 Å². The maximum atomic E-state index is 12.8. The molecule has 0 aliphatic rings. The molecule has 1 unspecified atom stereocenters. The molecule has 0 radical (unpaired) electrons. The van der Waals surface area contributed by atoms with Crippen LogP contribution >= 0.6 is 0 Å². The van der Waals surface area contributed by atoms with E-state index in [-0.39, 0.29) is 40.8 Å². The van der Waals surface area contributed by atoms with Crippen molar-refractivity contribution in [3.05, 3.63) is 64.9 Å². The van der Waals surface area contributed by atoms with E-state index in [1.807, 2.05) is 0 Å². The number of rotatable bonds is 6. The third-order valence-corrected chi connectivity index (χ3v) is 4.39. The Labute approximate surface area is 179 Å². The van der Waals surface area contributed by atoms with Crippen LogP contribution in [-0.4, -0.2) is 26.9 Å². The number of nitrogens with one attached hydrogen (secondary N) is 2. The van der Waals surface area contributed by atoms with Gasteiger partial charge in [-0.2, -0.15) is 13.2 Å². The van der Waals surface area contributed by atoms with Gasteiger partial charge in [-0.25, -0.2) is 9.97 Å². The standard InChI is InChI=1S/C19H18F3N7O3/c1-9(27-18(31)15-12(7-23)16(24)26-8-25-15)13-6-14(32-29-13)17(30)28-11-4-2-3-10(5-11)19(20,21)22/h2-6,8-9H,7,23H2,1H3,(H,27,31)(H,28,30)(H2,24,25,26). The predicted molar refractivity (Wildman–Crippen MR) is 106 cm³/mol. The Kier molecular flexibility index (Phi) is 6.39. The fourth-order valence-electron chi connectivity index (χ4n) is 2.73. The number of hydrogen-bond acceptors (Lipinski definition) is 8. The van der Waals surface area contributed by atoms with Crippen molar-refractivity contribution in [2.24, 2.45) is 5.73 Å². The van der Waals surface area contributed by atoms with Crippen molar-refractivity contribution in [2.75, 3.05) is 11.1 Å². The predicted octanol–water partition coefficient (Wildman–Crippen LogP) is 2.27. The molecule has 0 aliphatic heterocycles. The first-order valence-corrected chi connectivity index (χ1v) is 9.15. The van der Waals surface area contributed by atoms with Crippen LogP contribution in [0.4, 0.5) is 24.7 Å². The lowest BCUT2D eigenvalue weighted by molar-refractivity contribution is -0.137. The summed E-state index contributed by atoms with van der Waals surface area (Å²) >= 11 is 0. The molecule has 3 rings (SSSR count). The molecule has 32 heavy (non-hydrogen) atoms. The highest BCUT2D eigenvalue weighted by molar-refractivity contribution is 6.02. The smallest absolute Gasteiger partial charge is 0.383 e. The van der Waals surface area contributed by atoms with E-state index in [2.05, 4.69) is 25.8 Å². The van der Waals surface area contributed by atoms with Gasteiger partial charge >= 0.3 is 6.18 Å². The van der Waals surface area contributed by atoms with Crippen molar-refractivity contribution < 1.29 is 27.3 Å². The summed E-state index contributed by atoms with van der Waals surface area (Å²) in [4.78, 5) is 32.5. The maximum Gasteiger partial charge on any atom is 0.416 e. The number of nitrogen functional groups attached to an aromatic ring is 1. The van der Waals surface area contributed by atoms with Crippen LogP contribution in [-0.2, 0) is 12.7 Å². The number of alkyl halides is 3. The van der Waals surface area contributed by atoms with E-state index in [1.165, 1.54) is 12.1 Å². The van der Waals surface area contributed by atoms with Gasteiger partial charge in [0, 0.05) is 23.9 Å². The van der Waals surface area contributed by atoms with Crippen LogP contribution in [0.2, 0.25) is 0 Å². The SMILES string of the molecule is CC(NC(=O)c1ncnc(N)c1CN)c1cc(C(=O)Nc2cccc(C(F)(F)F)c2)on1. The van der Waals surface area contributed by atoms with Gasteiger partial charge in [0.15, 0.2) is 0 Å². The molecule has 6 N–H and O–H groups in total. The molecular formula is C19H18F3N7O3. The fraction of sp³-hybridized carbons (Fsp3) is 0.211. The molecule has 13 heteroatoms. The summed E-state index contributed by atoms with van der Waals surface area (Å²) in [6.07, 6.45) is -3.42. The van der Waals surface area contributed by atoms with E-state index in [0.717, 1.165) is 24.5 Å². The molecule has 10 nitrogen and oxygen atoms in total. The zero-order chi connectivity index (χ0) is 23.5. The van der Waals surface area contributed by atoms with Gasteiger partial charge in [-0.05, 0) is 25.1 Å². The van der Waals surface area contributed by atoms with Crippen LogP contribution in [0.5, 0.6) is 0 Å². The highest BCUT2D eigenvalue weighted by atomic mass is 19.4. The van der Waals surface area contributed by atoms with Crippen LogP contribution in [0.1, 0.15) is 50.8 Å². The van der Waals surface area contributed by atoms with Crippen LogP contribution in [0, 0.1) is 0 Å². The number of nitrogens with zero attached hydrogens (tertiary/aromatic N) is 3. The van der Waals surface area contributed by atoms with Gasteiger partial charge in [0.1, 0.15) is 23.5 Å². The summed E-state index contributed by atoms with van der Waals surface area (Å²) in [6, 6.07) is 4.69. The molecule has 0 saturated carbocycles. The molecule has 1 atom stereocenters. The Morgan fingerprint density at radius 2 is 1.94 bits per heavy atom. The average molecular weight is 449 g/mol. The first-order chi connectivity index (χ1) is 15.1. The molecule has 168 valence electrons. The van der Waals surface area contributed by atoms with E-state index in [9.17, 15) is 22.8 Å². The van der Waals surface area contributed by atoms with Gasteiger partial charge in [-0.15, -0.1) is 0 Å². The highest BCUT2D eigenvalue weighted by Crippen LogP contribution is 2.30. The summed E-state index contributed by atoms with van der Waals surface area (Å²) in [7, 11) is 0. The lowest BCUT2D eigenvalue weighted by Crippen LogP contribution is -2.29. The van der Waals surface area contributed by atoms with Crippen LogP contribution < -0.4 is 22.1 Å². The molecule has 0 bridgehead atoms. The minimum atomic E-state index is -4.55. The molecule has 0 saturated heterocycles. The summed E-state index contributed by atoms with van der Waals surface area (Å²) < 4.78 is 43.4. The summed E-state index contributed by atoms with van der Waals surface area (Å²) in [5, 5.41) is 8.66. The number of amides is 2. The number of nitrogens with two attached hydrogens (primary N) is 2. The van der Waals surface area contributed by atoms with Gasteiger partial charge in [0.25, 0.3) is 11.8 Å². The normalized spacial score (nSPS) is 12.3. The second kappa shape index (κ2) is 9.01. The first-order valence-electron chi connectivity index (χ1n) is 9.15.